The first kappa shape index (κ1) is 10.7. The zero-order valence-electron chi connectivity index (χ0n) is 9.42. The molecule has 88 valence electrons. The summed E-state index contributed by atoms with van der Waals surface area (Å²) < 4.78 is 6.84. The smallest absolute Gasteiger partial charge is 0.256 e. The average Bonchev–Trinajstić information content (AvgIpc) is 2.80. The molecule has 5 heteroatoms. The molecule has 2 aromatic heterocycles. The molecule has 0 aromatic carbocycles. The van der Waals surface area contributed by atoms with E-state index in [1.165, 1.54) is 11.3 Å². The van der Waals surface area contributed by atoms with E-state index in [1.54, 1.807) is 16.1 Å². The summed E-state index contributed by atoms with van der Waals surface area (Å²) in [6, 6.07) is 3.48. The van der Waals surface area contributed by atoms with E-state index < -0.39 is 0 Å². The summed E-state index contributed by atoms with van der Waals surface area (Å²) >= 11 is 1.48. The molecule has 0 amide bonds. The molecule has 0 N–H and O–H groups in total. The monoisotopic (exact) mass is 248 g/mol. The van der Waals surface area contributed by atoms with Crippen LogP contribution >= 0.6 is 11.3 Å². The number of hydrogen-bond donors (Lipinski definition) is 0. The number of pyridine rings is 1. The molecule has 0 saturated carbocycles. The molecule has 0 unspecified atom stereocenters. The van der Waals surface area contributed by atoms with Crippen molar-refractivity contribution in [1.82, 2.24) is 9.55 Å². The first-order chi connectivity index (χ1) is 8.19. The van der Waals surface area contributed by atoms with E-state index in [1.807, 2.05) is 17.6 Å². The highest BCUT2D eigenvalue weighted by molar-refractivity contribution is 7.07. The molecular formula is C12H12N2O2S. The molecule has 17 heavy (non-hydrogen) atoms. The van der Waals surface area contributed by atoms with Gasteiger partial charge in [-0.1, -0.05) is 13.0 Å². The van der Waals surface area contributed by atoms with E-state index >= 15 is 0 Å². The van der Waals surface area contributed by atoms with Crippen LogP contribution in [0.25, 0.3) is 5.82 Å². The highest BCUT2D eigenvalue weighted by Gasteiger charge is 2.35. The van der Waals surface area contributed by atoms with Crippen molar-refractivity contribution in [2.75, 3.05) is 13.2 Å². The van der Waals surface area contributed by atoms with Gasteiger partial charge >= 0.3 is 0 Å². The first-order valence-electron chi connectivity index (χ1n) is 5.39. The summed E-state index contributed by atoms with van der Waals surface area (Å²) in [5.41, 5.74) is 2.83. The second-order valence-corrected chi connectivity index (χ2v) is 5.24. The van der Waals surface area contributed by atoms with Crippen molar-refractivity contribution in [2.24, 2.45) is 0 Å². The third-order valence-corrected chi connectivity index (χ3v) is 3.69. The van der Waals surface area contributed by atoms with Crippen molar-refractivity contribution in [3.8, 4) is 5.82 Å². The van der Waals surface area contributed by atoms with E-state index in [4.69, 9.17) is 4.74 Å². The SMILES string of the molecule is CC1(c2ccc(=O)n(-c3cscn3)c2)COC1. The number of hydrogen-bond acceptors (Lipinski definition) is 4. The lowest BCUT2D eigenvalue weighted by Gasteiger charge is -2.38. The van der Waals surface area contributed by atoms with Crippen molar-refractivity contribution in [3.63, 3.8) is 0 Å². The fourth-order valence-electron chi connectivity index (χ4n) is 1.92. The van der Waals surface area contributed by atoms with Crippen LogP contribution in [-0.4, -0.2) is 22.8 Å². The molecular weight excluding hydrogens is 236 g/mol. The minimum absolute atomic E-state index is 0.0332. The van der Waals surface area contributed by atoms with Crippen LogP contribution < -0.4 is 5.56 Å². The Morgan fingerprint density at radius 1 is 1.47 bits per heavy atom. The van der Waals surface area contributed by atoms with Crippen LogP contribution in [0.3, 0.4) is 0 Å². The molecule has 1 aliphatic heterocycles. The zero-order chi connectivity index (χ0) is 11.9. The Bertz CT molecular complexity index is 585. The number of rotatable bonds is 2. The molecule has 0 bridgehead atoms. The highest BCUT2D eigenvalue weighted by Crippen LogP contribution is 2.31. The lowest BCUT2D eigenvalue weighted by molar-refractivity contribution is -0.0502. The molecule has 0 spiro atoms. The van der Waals surface area contributed by atoms with E-state index in [-0.39, 0.29) is 11.0 Å². The molecule has 0 radical (unpaired) electrons. The van der Waals surface area contributed by atoms with Crippen LogP contribution in [-0.2, 0) is 10.2 Å². The van der Waals surface area contributed by atoms with Gasteiger partial charge in [-0.3, -0.25) is 9.36 Å². The Balaban J connectivity index is 2.10. The molecule has 1 saturated heterocycles. The van der Waals surface area contributed by atoms with E-state index in [0.717, 1.165) is 5.56 Å². The normalized spacial score (nSPS) is 17.7. The maximum Gasteiger partial charge on any atom is 0.256 e. The van der Waals surface area contributed by atoms with Crippen LogP contribution in [0, 0.1) is 0 Å². The van der Waals surface area contributed by atoms with Gasteiger partial charge in [0, 0.05) is 23.1 Å². The average molecular weight is 248 g/mol. The Labute approximate surface area is 103 Å². The molecule has 3 rings (SSSR count). The minimum Gasteiger partial charge on any atom is -0.379 e. The van der Waals surface area contributed by atoms with Crippen molar-refractivity contribution < 1.29 is 4.74 Å². The number of nitrogens with zero attached hydrogens (tertiary/aromatic N) is 2. The molecule has 3 heterocycles. The third kappa shape index (κ3) is 1.71. The first-order valence-corrected chi connectivity index (χ1v) is 6.33. The lowest BCUT2D eigenvalue weighted by Crippen LogP contribution is -2.44. The summed E-state index contributed by atoms with van der Waals surface area (Å²) in [6.07, 6.45) is 1.87. The largest absolute Gasteiger partial charge is 0.379 e. The predicted molar refractivity (Wildman–Crippen MR) is 65.9 cm³/mol. The van der Waals surface area contributed by atoms with Gasteiger partial charge in [-0.2, -0.15) is 0 Å². The Kier molecular flexibility index (Phi) is 2.38. The number of aromatic nitrogens is 2. The number of ether oxygens (including phenoxy) is 1. The second kappa shape index (κ2) is 3.78. The topological polar surface area (TPSA) is 44.1 Å². The molecule has 0 atom stereocenters. The summed E-state index contributed by atoms with van der Waals surface area (Å²) in [5, 5.41) is 1.87. The Hall–Kier alpha value is -1.46. The summed E-state index contributed by atoms with van der Waals surface area (Å²) in [6.45, 7) is 3.56. The summed E-state index contributed by atoms with van der Waals surface area (Å²) in [4.78, 5) is 16.0. The van der Waals surface area contributed by atoms with Crippen molar-refractivity contribution >= 4 is 11.3 Å². The molecule has 0 aliphatic carbocycles. The van der Waals surface area contributed by atoms with Crippen molar-refractivity contribution in [2.45, 2.75) is 12.3 Å². The second-order valence-electron chi connectivity index (χ2n) is 4.53. The van der Waals surface area contributed by atoms with Crippen LogP contribution in [0.1, 0.15) is 12.5 Å². The standard InChI is InChI=1S/C12H12N2O2S/c1-12(6-16-7-12)9-2-3-11(15)14(4-9)10-5-17-8-13-10/h2-5,8H,6-7H2,1H3. The van der Waals surface area contributed by atoms with Gasteiger partial charge in [-0.25, -0.2) is 4.98 Å². The Morgan fingerprint density at radius 3 is 2.88 bits per heavy atom. The number of thiazole rings is 1. The lowest BCUT2D eigenvalue weighted by atomic mass is 9.82. The maximum absolute atomic E-state index is 11.8. The highest BCUT2D eigenvalue weighted by atomic mass is 32.1. The van der Waals surface area contributed by atoms with Gasteiger partial charge in [0.2, 0.25) is 0 Å². The Morgan fingerprint density at radius 2 is 2.29 bits per heavy atom. The van der Waals surface area contributed by atoms with Crippen LogP contribution in [0.15, 0.2) is 34.0 Å². The van der Waals surface area contributed by atoms with E-state index in [0.29, 0.717) is 19.0 Å². The van der Waals surface area contributed by atoms with E-state index in [2.05, 4.69) is 11.9 Å². The quantitative estimate of drug-likeness (QED) is 0.810. The van der Waals surface area contributed by atoms with Gasteiger partial charge in [-0.05, 0) is 5.56 Å². The summed E-state index contributed by atoms with van der Waals surface area (Å²) in [5.74, 6) is 0.686. The molecule has 1 fully saturated rings. The van der Waals surface area contributed by atoms with Crippen molar-refractivity contribution in [1.29, 1.82) is 0 Å². The van der Waals surface area contributed by atoms with Gasteiger partial charge in [0.15, 0.2) is 5.82 Å². The van der Waals surface area contributed by atoms with Gasteiger partial charge in [0.25, 0.3) is 5.56 Å². The van der Waals surface area contributed by atoms with Gasteiger partial charge in [0.05, 0.1) is 18.7 Å². The summed E-state index contributed by atoms with van der Waals surface area (Å²) in [7, 11) is 0. The fraction of sp³-hybridized carbons (Fsp3) is 0.333. The van der Waals surface area contributed by atoms with Gasteiger partial charge in [0.1, 0.15) is 0 Å². The zero-order valence-corrected chi connectivity index (χ0v) is 10.2. The molecule has 2 aromatic rings. The maximum atomic E-state index is 11.8. The van der Waals surface area contributed by atoms with Crippen LogP contribution in [0.2, 0.25) is 0 Å². The molecule has 4 nitrogen and oxygen atoms in total. The van der Waals surface area contributed by atoms with E-state index in [9.17, 15) is 4.79 Å². The fourth-order valence-corrected chi connectivity index (χ4v) is 2.45. The van der Waals surface area contributed by atoms with Crippen LogP contribution in [0.5, 0.6) is 0 Å². The van der Waals surface area contributed by atoms with Crippen LogP contribution in [0.4, 0.5) is 0 Å². The van der Waals surface area contributed by atoms with Gasteiger partial charge < -0.3 is 4.74 Å². The third-order valence-electron chi connectivity index (χ3n) is 3.12. The molecule has 1 aliphatic rings. The van der Waals surface area contributed by atoms with Crippen molar-refractivity contribution in [3.05, 3.63) is 45.1 Å². The van der Waals surface area contributed by atoms with Gasteiger partial charge in [-0.15, -0.1) is 11.3 Å². The minimum atomic E-state index is -0.0523. The predicted octanol–water partition coefficient (Wildman–Crippen LogP) is 1.58.